The molecule has 0 saturated heterocycles. The maximum Gasteiger partial charge on any atom is 0.303 e. The molecule has 0 amide bonds. The van der Waals surface area contributed by atoms with Crippen LogP contribution in [0.5, 0.6) is 0 Å². The lowest BCUT2D eigenvalue weighted by molar-refractivity contribution is -0.139. The lowest BCUT2D eigenvalue weighted by Crippen LogP contribution is -2.11. The third-order valence-corrected chi connectivity index (χ3v) is 6.88. The first kappa shape index (κ1) is 15.8. The summed E-state index contributed by atoms with van der Waals surface area (Å²) < 4.78 is 0. The van der Waals surface area contributed by atoms with Crippen molar-refractivity contribution in [2.75, 3.05) is 0 Å². The summed E-state index contributed by atoms with van der Waals surface area (Å²) in [5.74, 6) is 2.90. The zero-order chi connectivity index (χ0) is 15.7. The van der Waals surface area contributed by atoms with E-state index >= 15 is 0 Å². The number of hydrogen-bond acceptors (Lipinski definition) is 2. The second-order valence-corrected chi connectivity index (χ2v) is 7.87. The predicted molar refractivity (Wildman–Crippen MR) is 82.4 cm³/mol. The van der Waals surface area contributed by atoms with Gasteiger partial charge in [-0.2, -0.15) is 0 Å². The molecule has 0 spiro atoms. The van der Waals surface area contributed by atoms with E-state index in [0.29, 0.717) is 24.7 Å². The molecule has 0 aromatic carbocycles. The lowest BCUT2D eigenvalue weighted by atomic mass is 9.94. The Balaban J connectivity index is 0.000000131. The van der Waals surface area contributed by atoms with Crippen molar-refractivity contribution in [2.45, 2.75) is 64.2 Å². The Morgan fingerprint density at radius 1 is 0.591 bits per heavy atom. The summed E-state index contributed by atoms with van der Waals surface area (Å²) >= 11 is 0. The smallest absolute Gasteiger partial charge is 0.303 e. The maximum atomic E-state index is 10.5. The molecule has 4 nitrogen and oxygen atoms in total. The van der Waals surface area contributed by atoms with Crippen LogP contribution in [0.25, 0.3) is 0 Å². The number of carbonyl (C=O) groups is 2. The van der Waals surface area contributed by atoms with Crippen LogP contribution in [0.2, 0.25) is 0 Å². The molecule has 124 valence electrons. The minimum absolute atomic E-state index is 0.426. The Morgan fingerprint density at radius 2 is 0.818 bits per heavy atom. The van der Waals surface area contributed by atoms with Crippen molar-refractivity contribution < 1.29 is 19.8 Å². The molecule has 4 saturated carbocycles. The molecule has 4 aliphatic rings. The highest BCUT2D eigenvalue weighted by molar-refractivity contribution is 5.67. The Morgan fingerprint density at radius 3 is 1.00 bits per heavy atom. The summed E-state index contributed by atoms with van der Waals surface area (Å²) in [6, 6.07) is 0. The van der Waals surface area contributed by atoms with Gasteiger partial charge in [0, 0.05) is 12.8 Å². The molecule has 0 heterocycles. The van der Waals surface area contributed by atoms with Crippen molar-refractivity contribution in [3.05, 3.63) is 0 Å². The number of fused-ring (bicyclic) bond motifs is 4. The van der Waals surface area contributed by atoms with Crippen LogP contribution < -0.4 is 0 Å². The topological polar surface area (TPSA) is 74.6 Å². The fourth-order valence-electron chi connectivity index (χ4n) is 5.84. The maximum absolute atomic E-state index is 10.5. The monoisotopic (exact) mass is 308 g/mol. The Hall–Kier alpha value is -1.06. The third kappa shape index (κ3) is 3.31. The summed E-state index contributed by atoms with van der Waals surface area (Å²) in [4.78, 5) is 20.9. The van der Waals surface area contributed by atoms with Gasteiger partial charge in [-0.3, -0.25) is 9.59 Å². The van der Waals surface area contributed by atoms with E-state index < -0.39 is 11.9 Å². The van der Waals surface area contributed by atoms with E-state index in [1.165, 1.54) is 51.4 Å². The van der Waals surface area contributed by atoms with Crippen LogP contribution in [0.15, 0.2) is 0 Å². The van der Waals surface area contributed by atoms with Gasteiger partial charge in [0.15, 0.2) is 0 Å². The molecule has 0 aromatic rings. The van der Waals surface area contributed by atoms with Crippen molar-refractivity contribution >= 4 is 11.9 Å². The van der Waals surface area contributed by atoms with Crippen LogP contribution in [0.1, 0.15) is 64.2 Å². The van der Waals surface area contributed by atoms with Gasteiger partial charge in [-0.1, -0.05) is 0 Å². The van der Waals surface area contributed by atoms with Crippen LogP contribution in [-0.2, 0) is 9.59 Å². The van der Waals surface area contributed by atoms with Crippen molar-refractivity contribution in [3.8, 4) is 0 Å². The largest absolute Gasteiger partial charge is 0.481 e. The molecule has 0 aliphatic heterocycles. The van der Waals surface area contributed by atoms with Crippen molar-refractivity contribution in [1.82, 2.24) is 0 Å². The van der Waals surface area contributed by atoms with Gasteiger partial charge in [0.1, 0.15) is 0 Å². The van der Waals surface area contributed by atoms with Gasteiger partial charge in [0.2, 0.25) is 0 Å². The van der Waals surface area contributed by atoms with Gasteiger partial charge >= 0.3 is 11.9 Å². The number of aliphatic carboxylic acids is 2. The molecule has 0 radical (unpaired) electrons. The summed E-state index contributed by atoms with van der Waals surface area (Å²) in [5, 5.41) is 17.3. The van der Waals surface area contributed by atoms with Crippen LogP contribution in [-0.4, -0.2) is 22.2 Å². The molecule has 0 aromatic heterocycles. The minimum Gasteiger partial charge on any atom is -0.481 e. The second kappa shape index (κ2) is 6.59. The molecule has 2 N–H and O–H groups in total. The average Bonchev–Trinajstić information content (AvgIpc) is 3.23. The molecule has 22 heavy (non-hydrogen) atoms. The van der Waals surface area contributed by atoms with Gasteiger partial charge in [-0.05, 0) is 86.9 Å². The highest BCUT2D eigenvalue weighted by atomic mass is 16.4. The van der Waals surface area contributed by atoms with Gasteiger partial charge in [-0.15, -0.1) is 0 Å². The van der Waals surface area contributed by atoms with E-state index in [0.717, 1.165) is 23.7 Å². The molecule has 4 fully saturated rings. The predicted octanol–water partition coefficient (Wildman–Crippen LogP) is 3.79. The van der Waals surface area contributed by atoms with Crippen molar-refractivity contribution in [2.24, 2.45) is 35.5 Å². The lowest BCUT2D eigenvalue weighted by Gasteiger charge is -2.11. The molecule has 0 atom stereocenters. The van der Waals surface area contributed by atoms with E-state index in [-0.39, 0.29) is 0 Å². The van der Waals surface area contributed by atoms with Gasteiger partial charge < -0.3 is 10.2 Å². The Bertz CT molecular complexity index is 353. The fourth-order valence-corrected chi connectivity index (χ4v) is 5.84. The standard InChI is InChI=1S/2C9H14O2/c2*10-9(11)5-8-6-1-2-7(8)4-3-6/h2*6-8H,1-5H2,(H,10,11). The number of carboxylic acid groups (broad SMARTS) is 2. The Labute approximate surface area is 132 Å². The third-order valence-electron chi connectivity index (χ3n) is 6.88. The minimum atomic E-state index is -0.603. The van der Waals surface area contributed by atoms with Crippen molar-refractivity contribution in [1.29, 1.82) is 0 Å². The summed E-state index contributed by atoms with van der Waals surface area (Å²) in [5.41, 5.74) is 0. The average molecular weight is 308 g/mol. The van der Waals surface area contributed by atoms with Crippen LogP contribution in [0.3, 0.4) is 0 Å². The van der Waals surface area contributed by atoms with E-state index in [9.17, 15) is 9.59 Å². The molecule has 4 aliphatic carbocycles. The molecule has 4 rings (SSSR count). The highest BCUT2D eigenvalue weighted by Crippen LogP contribution is 2.51. The highest BCUT2D eigenvalue weighted by Gasteiger charge is 2.42. The Kier molecular flexibility index (Phi) is 4.74. The van der Waals surface area contributed by atoms with E-state index in [4.69, 9.17) is 10.2 Å². The molecule has 4 heteroatoms. The van der Waals surface area contributed by atoms with Crippen LogP contribution in [0, 0.1) is 35.5 Å². The summed E-state index contributed by atoms with van der Waals surface area (Å²) in [6.07, 6.45) is 11.2. The van der Waals surface area contributed by atoms with E-state index in [1.807, 2.05) is 0 Å². The zero-order valence-corrected chi connectivity index (χ0v) is 13.2. The van der Waals surface area contributed by atoms with E-state index in [1.54, 1.807) is 0 Å². The number of rotatable bonds is 4. The fraction of sp³-hybridized carbons (Fsp3) is 0.889. The first-order chi connectivity index (χ1) is 10.5. The van der Waals surface area contributed by atoms with Gasteiger partial charge in [0.25, 0.3) is 0 Å². The zero-order valence-electron chi connectivity index (χ0n) is 13.2. The van der Waals surface area contributed by atoms with Gasteiger partial charge in [-0.25, -0.2) is 0 Å². The molecule has 4 bridgehead atoms. The SMILES string of the molecule is O=C(O)CC1C2CCC1CC2.O=C(O)CC1C2CCC1CC2. The quantitative estimate of drug-likeness (QED) is 0.828. The first-order valence-electron chi connectivity index (χ1n) is 8.98. The normalized spacial score (nSPS) is 41.3. The van der Waals surface area contributed by atoms with E-state index in [2.05, 4.69) is 0 Å². The van der Waals surface area contributed by atoms with Crippen LogP contribution in [0.4, 0.5) is 0 Å². The first-order valence-corrected chi connectivity index (χ1v) is 8.98. The molecular weight excluding hydrogens is 280 g/mol. The number of carboxylic acids is 2. The van der Waals surface area contributed by atoms with Crippen LogP contribution >= 0.6 is 0 Å². The molecular formula is C18H28O4. The van der Waals surface area contributed by atoms with Crippen molar-refractivity contribution in [3.63, 3.8) is 0 Å². The summed E-state index contributed by atoms with van der Waals surface area (Å²) in [7, 11) is 0. The summed E-state index contributed by atoms with van der Waals surface area (Å²) in [6.45, 7) is 0. The number of hydrogen-bond donors (Lipinski definition) is 2. The van der Waals surface area contributed by atoms with Gasteiger partial charge in [0.05, 0.1) is 0 Å². The second-order valence-electron chi connectivity index (χ2n) is 7.87. The molecule has 0 unspecified atom stereocenters.